The van der Waals surface area contributed by atoms with E-state index in [9.17, 15) is 9.59 Å². The Morgan fingerprint density at radius 3 is 2.75 bits per heavy atom. The van der Waals surface area contributed by atoms with Crippen LogP contribution in [0.1, 0.15) is 30.6 Å². The molecule has 3 rings (SSSR count). The topological polar surface area (TPSA) is 70.1 Å². The van der Waals surface area contributed by atoms with Gasteiger partial charge in [0.2, 0.25) is 0 Å². The first-order valence-electron chi connectivity index (χ1n) is 8.63. The Kier molecular flexibility index (Phi) is 4.76. The quantitative estimate of drug-likeness (QED) is 0.894. The molecule has 6 heteroatoms. The number of aromatic nitrogens is 2. The number of rotatable bonds is 4. The number of carbonyl (C=O) groups is 1. The SMILES string of the molecule is CC1CC(C)CN(CCNC(=O)c2cn(C)c(=O)c3[nH]ccc23)C1. The summed E-state index contributed by atoms with van der Waals surface area (Å²) in [6.07, 6.45) is 4.59. The Morgan fingerprint density at radius 2 is 2.04 bits per heavy atom. The third-order valence-corrected chi connectivity index (χ3v) is 4.80. The predicted octanol–water partition coefficient (Wildman–Crippen LogP) is 1.57. The van der Waals surface area contributed by atoms with E-state index in [1.807, 2.05) is 0 Å². The number of fused-ring (bicyclic) bond motifs is 1. The minimum absolute atomic E-state index is 0.122. The number of aryl methyl sites for hydroxylation is 1. The average molecular weight is 330 g/mol. The van der Waals surface area contributed by atoms with Crippen LogP contribution in [0, 0.1) is 11.8 Å². The molecular formula is C18H26N4O2. The van der Waals surface area contributed by atoms with Crippen LogP contribution in [0.5, 0.6) is 0 Å². The predicted molar refractivity (Wildman–Crippen MR) is 95.3 cm³/mol. The van der Waals surface area contributed by atoms with Gasteiger partial charge in [-0.15, -0.1) is 0 Å². The summed E-state index contributed by atoms with van der Waals surface area (Å²) in [7, 11) is 1.66. The zero-order chi connectivity index (χ0) is 17.3. The third kappa shape index (κ3) is 3.38. The van der Waals surface area contributed by atoms with Crippen molar-refractivity contribution in [2.24, 2.45) is 18.9 Å². The highest BCUT2D eigenvalue weighted by Crippen LogP contribution is 2.20. The highest BCUT2D eigenvalue weighted by molar-refractivity contribution is 6.05. The monoisotopic (exact) mass is 330 g/mol. The first kappa shape index (κ1) is 16.8. The molecule has 1 fully saturated rings. The van der Waals surface area contributed by atoms with Crippen molar-refractivity contribution in [2.45, 2.75) is 20.3 Å². The van der Waals surface area contributed by atoms with Gasteiger partial charge in [0.25, 0.3) is 11.5 Å². The molecule has 2 aromatic rings. The molecule has 1 saturated heterocycles. The van der Waals surface area contributed by atoms with Gasteiger partial charge in [-0.3, -0.25) is 9.59 Å². The van der Waals surface area contributed by atoms with Crippen LogP contribution in [0.25, 0.3) is 10.9 Å². The molecule has 24 heavy (non-hydrogen) atoms. The minimum atomic E-state index is -0.131. The minimum Gasteiger partial charge on any atom is -0.357 e. The number of piperidine rings is 1. The molecule has 2 atom stereocenters. The molecule has 0 aromatic carbocycles. The number of likely N-dealkylation sites (tertiary alicyclic amines) is 1. The lowest BCUT2D eigenvalue weighted by atomic mass is 9.92. The van der Waals surface area contributed by atoms with E-state index < -0.39 is 0 Å². The highest BCUT2D eigenvalue weighted by Gasteiger charge is 2.21. The van der Waals surface area contributed by atoms with Crippen molar-refractivity contribution in [2.75, 3.05) is 26.2 Å². The summed E-state index contributed by atoms with van der Waals surface area (Å²) in [6.45, 7) is 8.25. The van der Waals surface area contributed by atoms with E-state index in [0.29, 0.717) is 34.8 Å². The summed E-state index contributed by atoms with van der Waals surface area (Å²) in [5.74, 6) is 1.30. The first-order valence-corrected chi connectivity index (χ1v) is 8.63. The second kappa shape index (κ2) is 6.81. The molecule has 3 heterocycles. The molecule has 1 amide bonds. The molecule has 0 spiro atoms. The number of aromatic amines is 1. The fourth-order valence-electron chi connectivity index (χ4n) is 3.85. The van der Waals surface area contributed by atoms with Crippen LogP contribution in [-0.4, -0.2) is 46.5 Å². The van der Waals surface area contributed by atoms with Crippen molar-refractivity contribution >= 4 is 16.8 Å². The lowest BCUT2D eigenvalue weighted by Crippen LogP contribution is -2.43. The zero-order valence-corrected chi connectivity index (χ0v) is 14.6. The van der Waals surface area contributed by atoms with Gasteiger partial charge >= 0.3 is 0 Å². The van der Waals surface area contributed by atoms with Crippen LogP contribution in [0.4, 0.5) is 0 Å². The summed E-state index contributed by atoms with van der Waals surface area (Å²) in [4.78, 5) is 29.9. The number of hydrogen-bond acceptors (Lipinski definition) is 3. The van der Waals surface area contributed by atoms with Gasteiger partial charge in [-0.05, 0) is 24.3 Å². The van der Waals surface area contributed by atoms with E-state index in [-0.39, 0.29) is 11.5 Å². The van der Waals surface area contributed by atoms with Crippen molar-refractivity contribution in [1.82, 2.24) is 19.8 Å². The third-order valence-electron chi connectivity index (χ3n) is 4.80. The van der Waals surface area contributed by atoms with Crippen LogP contribution >= 0.6 is 0 Å². The maximum atomic E-state index is 12.5. The molecule has 0 radical (unpaired) electrons. The van der Waals surface area contributed by atoms with E-state index in [0.717, 1.165) is 19.6 Å². The summed E-state index contributed by atoms with van der Waals surface area (Å²) >= 11 is 0. The van der Waals surface area contributed by atoms with Crippen LogP contribution in [0.15, 0.2) is 23.3 Å². The molecule has 0 bridgehead atoms. The lowest BCUT2D eigenvalue weighted by molar-refractivity contribution is 0.0937. The Hall–Kier alpha value is -2.08. The molecule has 0 aliphatic carbocycles. The Morgan fingerprint density at radius 1 is 1.33 bits per heavy atom. The van der Waals surface area contributed by atoms with E-state index >= 15 is 0 Å². The number of nitrogens with one attached hydrogen (secondary N) is 2. The first-order chi connectivity index (χ1) is 11.5. The van der Waals surface area contributed by atoms with Gasteiger partial charge in [-0.2, -0.15) is 0 Å². The normalized spacial score (nSPS) is 22.0. The Bertz CT molecular complexity index is 782. The van der Waals surface area contributed by atoms with Gasteiger partial charge in [0.05, 0.1) is 5.56 Å². The van der Waals surface area contributed by atoms with Gasteiger partial charge in [-0.25, -0.2) is 0 Å². The zero-order valence-electron chi connectivity index (χ0n) is 14.6. The maximum absolute atomic E-state index is 12.5. The Balaban J connectivity index is 1.65. The molecule has 130 valence electrons. The fraction of sp³-hybridized carbons (Fsp3) is 0.556. The number of nitrogens with zero attached hydrogens (tertiary/aromatic N) is 2. The maximum Gasteiger partial charge on any atom is 0.274 e. The van der Waals surface area contributed by atoms with Crippen molar-refractivity contribution < 1.29 is 4.79 Å². The molecule has 2 aromatic heterocycles. The lowest BCUT2D eigenvalue weighted by Gasteiger charge is -2.34. The van der Waals surface area contributed by atoms with E-state index in [2.05, 4.69) is 29.0 Å². The van der Waals surface area contributed by atoms with Gasteiger partial charge in [0.1, 0.15) is 5.52 Å². The van der Waals surface area contributed by atoms with Crippen molar-refractivity contribution in [3.05, 3.63) is 34.4 Å². The second-order valence-electron chi connectivity index (χ2n) is 7.19. The number of carbonyl (C=O) groups excluding carboxylic acids is 1. The molecule has 1 aliphatic rings. The second-order valence-corrected chi connectivity index (χ2v) is 7.19. The van der Waals surface area contributed by atoms with Crippen LogP contribution in [0.3, 0.4) is 0 Å². The van der Waals surface area contributed by atoms with E-state index in [4.69, 9.17) is 0 Å². The molecule has 2 N–H and O–H groups in total. The largest absolute Gasteiger partial charge is 0.357 e. The summed E-state index contributed by atoms with van der Waals surface area (Å²) in [6, 6.07) is 1.78. The molecular weight excluding hydrogens is 304 g/mol. The van der Waals surface area contributed by atoms with Gasteiger partial charge < -0.3 is 19.8 Å². The van der Waals surface area contributed by atoms with E-state index in [1.165, 1.54) is 11.0 Å². The summed E-state index contributed by atoms with van der Waals surface area (Å²) < 4.78 is 1.45. The smallest absolute Gasteiger partial charge is 0.274 e. The molecule has 1 aliphatic heterocycles. The molecule has 2 unspecified atom stereocenters. The summed E-state index contributed by atoms with van der Waals surface area (Å²) in [5, 5.41) is 3.67. The van der Waals surface area contributed by atoms with Crippen LogP contribution in [-0.2, 0) is 7.05 Å². The average Bonchev–Trinajstić information content (AvgIpc) is 2.99. The highest BCUT2D eigenvalue weighted by atomic mass is 16.2. The summed E-state index contributed by atoms with van der Waals surface area (Å²) in [5.41, 5.74) is 0.889. The number of pyridine rings is 1. The van der Waals surface area contributed by atoms with Gasteiger partial charge in [0, 0.05) is 51.0 Å². The van der Waals surface area contributed by atoms with Gasteiger partial charge in [-0.1, -0.05) is 13.8 Å². The van der Waals surface area contributed by atoms with Gasteiger partial charge in [0.15, 0.2) is 0 Å². The van der Waals surface area contributed by atoms with E-state index in [1.54, 1.807) is 25.5 Å². The van der Waals surface area contributed by atoms with Crippen LogP contribution in [0.2, 0.25) is 0 Å². The molecule has 0 saturated carbocycles. The number of amides is 1. The van der Waals surface area contributed by atoms with Crippen molar-refractivity contribution in [3.63, 3.8) is 0 Å². The Labute approximate surface area is 141 Å². The standard InChI is InChI=1S/C18H26N4O2/c1-12-8-13(2)10-22(9-12)7-6-20-17(23)15-11-21(3)18(24)16-14(15)4-5-19-16/h4-5,11-13,19H,6-10H2,1-3H3,(H,20,23). The number of hydrogen-bond donors (Lipinski definition) is 2. The molecule has 6 nitrogen and oxygen atoms in total. The number of H-pyrrole nitrogens is 1. The fourth-order valence-corrected chi connectivity index (χ4v) is 3.85. The van der Waals surface area contributed by atoms with Crippen molar-refractivity contribution in [3.8, 4) is 0 Å². The van der Waals surface area contributed by atoms with Crippen molar-refractivity contribution in [1.29, 1.82) is 0 Å². The van der Waals surface area contributed by atoms with Crippen LogP contribution < -0.4 is 10.9 Å².